The number of H-pyrrole nitrogens is 1. The molecule has 17 heavy (non-hydrogen) atoms. The molecule has 4 nitrogen and oxygen atoms in total. The zero-order chi connectivity index (χ0) is 11.4. The van der Waals surface area contributed by atoms with Crippen molar-refractivity contribution >= 4 is 23.4 Å². The maximum atomic E-state index is 5.17. The number of benzene rings is 1. The molecule has 2 N–H and O–H groups in total. The predicted octanol–water partition coefficient (Wildman–Crippen LogP) is 2.15. The third-order valence-electron chi connectivity index (χ3n) is 2.53. The fourth-order valence-corrected chi connectivity index (χ4v) is 1.67. The third kappa shape index (κ3) is 3.35. The average molecular weight is 256 g/mol. The summed E-state index contributed by atoms with van der Waals surface area (Å²) in [4.78, 5) is 7.81. The Bertz CT molecular complexity index is 470. The highest BCUT2D eigenvalue weighted by molar-refractivity contribution is 5.85. The fourth-order valence-electron chi connectivity index (χ4n) is 1.67. The summed E-state index contributed by atoms with van der Waals surface area (Å²) >= 11 is 0. The third-order valence-corrected chi connectivity index (χ3v) is 2.53. The largest absolute Gasteiger partial charge is 0.497 e. The molecule has 0 aliphatic rings. The minimum Gasteiger partial charge on any atom is -0.497 e. The molecule has 0 amide bonds. The lowest BCUT2D eigenvalue weighted by Gasteiger charge is -1.97. The zero-order valence-electron chi connectivity index (χ0n) is 10.1. The van der Waals surface area contributed by atoms with Crippen LogP contribution in [0.25, 0.3) is 11.0 Å². The van der Waals surface area contributed by atoms with Crippen molar-refractivity contribution in [2.24, 2.45) is 0 Å². The van der Waals surface area contributed by atoms with Gasteiger partial charge in [-0.25, -0.2) is 4.98 Å². The highest BCUT2D eigenvalue weighted by Gasteiger charge is 2.03. The minimum absolute atomic E-state index is 0. The van der Waals surface area contributed by atoms with Crippen LogP contribution in [0.2, 0.25) is 0 Å². The molecule has 1 aromatic carbocycles. The molecule has 5 heteroatoms. The molecule has 0 aliphatic heterocycles. The van der Waals surface area contributed by atoms with Crippen LogP contribution in [-0.2, 0) is 6.42 Å². The zero-order valence-corrected chi connectivity index (χ0v) is 10.9. The number of hydrogen-bond acceptors (Lipinski definition) is 3. The van der Waals surface area contributed by atoms with Gasteiger partial charge in [0, 0.05) is 19.0 Å². The van der Waals surface area contributed by atoms with Crippen LogP contribution in [0.3, 0.4) is 0 Å². The normalized spacial score (nSPS) is 10.2. The molecule has 2 aromatic rings. The number of nitrogens with zero attached hydrogens (tertiary/aromatic N) is 1. The van der Waals surface area contributed by atoms with E-state index in [0.29, 0.717) is 0 Å². The van der Waals surface area contributed by atoms with Gasteiger partial charge in [0.25, 0.3) is 0 Å². The number of nitrogens with one attached hydrogen (secondary N) is 2. The molecule has 0 radical (unpaired) electrons. The number of hydrogen-bond donors (Lipinski definition) is 2. The molecule has 0 spiro atoms. The van der Waals surface area contributed by atoms with Crippen LogP contribution in [-0.4, -0.2) is 30.2 Å². The van der Waals surface area contributed by atoms with E-state index in [1.54, 1.807) is 7.11 Å². The summed E-state index contributed by atoms with van der Waals surface area (Å²) in [7, 11) is 1.67. The monoisotopic (exact) mass is 255 g/mol. The van der Waals surface area contributed by atoms with Gasteiger partial charge >= 0.3 is 0 Å². The van der Waals surface area contributed by atoms with Crippen LogP contribution >= 0.6 is 12.4 Å². The quantitative estimate of drug-likeness (QED) is 0.805. The number of halogens is 1. The van der Waals surface area contributed by atoms with Crippen LogP contribution < -0.4 is 10.1 Å². The molecule has 1 heterocycles. The van der Waals surface area contributed by atoms with Gasteiger partial charge in [-0.3, -0.25) is 0 Å². The van der Waals surface area contributed by atoms with Gasteiger partial charge in [-0.2, -0.15) is 0 Å². The second kappa shape index (κ2) is 6.47. The predicted molar refractivity (Wildman–Crippen MR) is 72.1 cm³/mol. The van der Waals surface area contributed by atoms with Crippen molar-refractivity contribution in [2.75, 3.05) is 20.2 Å². The first-order chi connectivity index (χ1) is 7.83. The van der Waals surface area contributed by atoms with E-state index in [0.717, 1.165) is 42.1 Å². The number of aromatic amines is 1. The Morgan fingerprint density at radius 2 is 2.24 bits per heavy atom. The van der Waals surface area contributed by atoms with Crippen LogP contribution in [0.5, 0.6) is 5.75 Å². The first-order valence-corrected chi connectivity index (χ1v) is 5.57. The van der Waals surface area contributed by atoms with Crippen molar-refractivity contribution in [1.82, 2.24) is 15.3 Å². The maximum Gasteiger partial charge on any atom is 0.121 e. The highest BCUT2D eigenvalue weighted by Crippen LogP contribution is 2.18. The lowest BCUT2D eigenvalue weighted by molar-refractivity contribution is 0.415. The SMILES string of the molecule is CCNCCc1nc2ccc(OC)cc2[nH]1.Cl. The lowest BCUT2D eigenvalue weighted by Crippen LogP contribution is -2.16. The first kappa shape index (κ1) is 13.8. The van der Waals surface area contributed by atoms with Gasteiger partial charge in [-0.1, -0.05) is 6.92 Å². The molecular weight excluding hydrogens is 238 g/mol. The van der Waals surface area contributed by atoms with E-state index < -0.39 is 0 Å². The number of imidazole rings is 1. The van der Waals surface area contributed by atoms with Gasteiger partial charge in [0.15, 0.2) is 0 Å². The number of fused-ring (bicyclic) bond motifs is 1. The summed E-state index contributed by atoms with van der Waals surface area (Å²) in [6.45, 7) is 4.05. The second-order valence-corrected chi connectivity index (χ2v) is 3.67. The van der Waals surface area contributed by atoms with Gasteiger partial charge in [0.1, 0.15) is 11.6 Å². The smallest absolute Gasteiger partial charge is 0.121 e. The maximum absolute atomic E-state index is 5.17. The molecule has 0 atom stereocenters. The molecule has 0 saturated heterocycles. The topological polar surface area (TPSA) is 49.9 Å². The van der Waals surface area contributed by atoms with Crippen molar-refractivity contribution in [3.63, 3.8) is 0 Å². The standard InChI is InChI=1S/C12H17N3O.ClH/c1-3-13-7-6-12-14-10-5-4-9(16-2)8-11(10)15-12;/h4-5,8,13H,3,6-7H2,1-2H3,(H,14,15);1H. The molecule has 0 aliphatic carbocycles. The number of aromatic nitrogens is 2. The van der Waals surface area contributed by atoms with E-state index in [-0.39, 0.29) is 12.4 Å². The molecule has 0 bridgehead atoms. The Hall–Kier alpha value is -1.26. The molecule has 0 fully saturated rings. The first-order valence-electron chi connectivity index (χ1n) is 5.57. The lowest BCUT2D eigenvalue weighted by atomic mass is 10.3. The van der Waals surface area contributed by atoms with Gasteiger partial charge < -0.3 is 15.0 Å². The fraction of sp³-hybridized carbons (Fsp3) is 0.417. The Morgan fingerprint density at radius 3 is 2.94 bits per heavy atom. The van der Waals surface area contributed by atoms with Gasteiger partial charge in [-0.15, -0.1) is 12.4 Å². The van der Waals surface area contributed by atoms with E-state index in [1.807, 2.05) is 18.2 Å². The van der Waals surface area contributed by atoms with Gasteiger partial charge in [-0.05, 0) is 18.7 Å². The number of rotatable bonds is 5. The van der Waals surface area contributed by atoms with E-state index >= 15 is 0 Å². The summed E-state index contributed by atoms with van der Waals surface area (Å²) in [5, 5.41) is 3.28. The van der Waals surface area contributed by atoms with Crippen molar-refractivity contribution < 1.29 is 4.74 Å². The van der Waals surface area contributed by atoms with Crippen LogP contribution in [0.15, 0.2) is 18.2 Å². The minimum atomic E-state index is 0. The molecular formula is C12H18ClN3O. The summed E-state index contributed by atoms with van der Waals surface area (Å²) in [6, 6.07) is 5.87. The molecule has 94 valence electrons. The Labute approximate surface area is 107 Å². The van der Waals surface area contributed by atoms with Gasteiger partial charge in [0.05, 0.1) is 18.1 Å². The molecule has 0 saturated carbocycles. The van der Waals surface area contributed by atoms with Crippen molar-refractivity contribution in [3.8, 4) is 5.75 Å². The van der Waals surface area contributed by atoms with E-state index in [9.17, 15) is 0 Å². The highest BCUT2D eigenvalue weighted by atomic mass is 35.5. The summed E-state index contributed by atoms with van der Waals surface area (Å²) in [6.07, 6.45) is 0.921. The van der Waals surface area contributed by atoms with E-state index in [4.69, 9.17) is 4.74 Å². The van der Waals surface area contributed by atoms with Crippen LogP contribution in [0.4, 0.5) is 0 Å². The van der Waals surface area contributed by atoms with Crippen LogP contribution in [0.1, 0.15) is 12.7 Å². The van der Waals surface area contributed by atoms with E-state index in [2.05, 4.69) is 22.2 Å². The summed E-state index contributed by atoms with van der Waals surface area (Å²) in [5.74, 6) is 1.87. The Balaban J connectivity index is 0.00000144. The molecule has 1 aromatic heterocycles. The Morgan fingerprint density at radius 1 is 1.41 bits per heavy atom. The van der Waals surface area contributed by atoms with Gasteiger partial charge in [0.2, 0.25) is 0 Å². The van der Waals surface area contributed by atoms with Crippen molar-refractivity contribution in [3.05, 3.63) is 24.0 Å². The second-order valence-electron chi connectivity index (χ2n) is 3.67. The average Bonchev–Trinajstić information content (AvgIpc) is 2.70. The number of methoxy groups -OCH3 is 1. The van der Waals surface area contributed by atoms with E-state index in [1.165, 1.54) is 0 Å². The van der Waals surface area contributed by atoms with Crippen molar-refractivity contribution in [1.29, 1.82) is 0 Å². The van der Waals surface area contributed by atoms with Crippen molar-refractivity contribution in [2.45, 2.75) is 13.3 Å². The number of ether oxygens (including phenoxy) is 1. The Kier molecular flexibility index (Phi) is 5.25. The van der Waals surface area contributed by atoms with Crippen LogP contribution in [0, 0.1) is 0 Å². The summed E-state index contributed by atoms with van der Waals surface area (Å²) in [5.41, 5.74) is 2.03. The number of likely N-dealkylation sites (N-methyl/N-ethyl adjacent to an activating group) is 1. The molecule has 0 unspecified atom stereocenters. The summed E-state index contributed by atoms with van der Waals surface area (Å²) < 4.78 is 5.17. The molecule has 2 rings (SSSR count).